The SMILES string of the molecule is CCCCCCCCCN(C)CCCCC[C@H]1C[C@@]2(C)C(C[C@H]3CC(=O)C[C@]32O)C2CCc3cc(O)ccc3C21. The minimum atomic E-state index is -0.800. The fourth-order valence-electron chi connectivity index (χ4n) is 10.1. The van der Waals surface area contributed by atoms with E-state index in [1.54, 1.807) is 0 Å². The van der Waals surface area contributed by atoms with Crippen LogP contribution in [0.15, 0.2) is 18.2 Å². The lowest BCUT2D eigenvalue weighted by Gasteiger charge is -2.56. The normalized spacial score (nSPS) is 34.5. The van der Waals surface area contributed by atoms with Crippen LogP contribution in [0.2, 0.25) is 0 Å². The Kier molecular flexibility index (Phi) is 9.67. The van der Waals surface area contributed by atoms with Gasteiger partial charge < -0.3 is 15.1 Å². The molecule has 0 saturated heterocycles. The molecule has 3 unspecified atom stereocenters. The number of benzene rings is 1. The summed E-state index contributed by atoms with van der Waals surface area (Å²) in [4.78, 5) is 15.0. The smallest absolute Gasteiger partial charge is 0.136 e. The van der Waals surface area contributed by atoms with Crippen molar-refractivity contribution >= 4 is 5.78 Å². The van der Waals surface area contributed by atoms with Gasteiger partial charge in [-0.05, 0) is 118 Å². The van der Waals surface area contributed by atoms with Gasteiger partial charge in [0.2, 0.25) is 0 Å². The van der Waals surface area contributed by atoms with Gasteiger partial charge >= 0.3 is 0 Å². The number of hydrogen-bond donors (Lipinski definition) is 2. The van der Waals surface area contributed by atoms with Crippen LogP contribution in [0.5, 0.6) is 5.75 Å². The molecule has 3 saturated carbocycles. The molecule has 1 aromatic rings. The van der Waals surface area contributed by atoms with E-state index in [4.69, 9.17) is 0 Å². The summed E-state index contributed by atoms with van der Waals surface area (Å²) in [7, 11) is 2.29. The van der Waals surface area contributed by atoms with E-state index in [-0.39, 0.29) is 17.1 Å². The number of aromatic hydroxyl groups is 1. The first-order valence-electron chi connectivity index (χ1n) is 17.0. The van der Waals surface area contributed by atoms with Gasteiger partial charge in [-0.1, -0.05) is 71.3 Å². The lowest BCUT2D eigenvalue weighted by Crippen LogP contribution is -2.54. The molecule has 0 heterocycles. The van der Waals surface area contributed by atoms with E-state index in [0.717, 1.165) is 25.7 Å². The number of aliphatic hydroxyl groups is 1. The Morgan fingerprint density at radius 2 is 1.70 bits per heavy atom. The number of Topliss-reactive ketones (excluding diaryl/α,β-unsaturated/α-hetero) is 1. The zero-order valence-corrected chi connectivity index (χ0v) is 25.8. The number of carbonyl (C=O) groups excluding carboxylic acids is 1. The summed E-state index contributed by atoms with van der Waals surface area (Å²) >= 11 is 0. The number of carbonyl (C=O) groups is 1. The molecular weight excluding hydrogens is 494 g/mol. The van der Waals surface area contributed by atoms with Crippen LogP contribution in [-0.4, -0.2) is 46.6 Å². The zero-order chi connectivity index (χ0) is 28.3. The van der Waals surface area contributed by atoms with E-state index in [0.29, 0.717) is 42.3 Å². The maximum Gasteiger partial charge on any atom is 0.136 e. The van der Waals surface area contributed by atoms with Crippen molar-refractivity contribution in [3.05, 3.63) is 29.3 Å². The highest BCUT2D eigenvalue weighted by Gasteiger charge is 2.69. The fraction of sp³-hybridized carbons (Fsp3) is 0.806. The summed E-state index contributed by atoms with van der Waals surface area (Å²) in [6.07, 6.45) is 19.8. The Morgan fingerprint density at radius 1 is 1.00 bits per heavy atom. The highest BCUT2D eigenvalue weighted by atomic mass is 16.3. The number of unbranched alkanes of at least 4 members (excludes halogenated alkanes) is 8. The number of ketones is 1. The van der Waals surface area contributed by atoms with Crippen LogP contribution >= 0.6 is 0 Å². The standard InChI is InChI=1S/C36H57NO3/c1-4-5-6-7-8-9-12-19-37(3)20-13-10-11-14-27-24-35(2)33(23-28-22-30(39)25-36(28,35)40)32-17-15-26-21-29(38)16-18-31(26)34(27)32/h16,18,21,27-28,32-34,38,40H,4-15,17,19-20,22-25H2,1-3H3/t27-,28+,32?,33?,34?,35-,36-/m0/s1. The molecule has 7 atom stereocenters. The number of rotatable bonds is 14. The second-order valence-corrected chi connectivity index (χ2v) is 14.6. The Bertz CT molecular complexity index is 1010. The summed E-state index contributed by atoms with van der Waals surface area (Å²) in [6, 6.07) is 6.11. The van der Waals surface area contributed by atoms with Crippen LogP contribution in [-0.2, 0) is 11.2 Å². The topological polar surface area (TPSA) is 60.8 Å². The molecule has 0 amide bonds. The Hall–Kier alpha value is -1.39. The van der Waals surface area contributed by atoms with Crippen LogP contribution in [0.3, 0.4) is 0 Å². The molecule has 5 rings (SSSR count). The molecule has 3 fully saturated rings. The zero-order valence-electron chi connectivity index (χ0n) is 25.8. The summed E-state index contributed by atoms with van der Waals surface area (Å²) in [5, 5.41) is 22.2. The molecule has 0 aromatic heterocycles. The van der Waals surface area contributed by atoms with Crippen LogP contribution < -0.4 is 0 Å². The number of hydrogen-bond acceptors (Lipinski definition) is 4. The monoisotopic (exact) mass is 551 g/mol. The first kappa shape index (κ1) is 30.1. The van der Waals surface area contributed by atoms with Crippen molar-refractivity contribution in [3.8, 4) is 5.75 Å². The maximum atomic E-state index is 12.5. The van der Waals surface area contributed by atoms with E-state index in [9.17, 15) is 15.0 Å². The Labute approximate surface area is 244 Å². The molecule has 40 heavy (non-hydrogen) atoms. The molecule has 4 nitrogen and oxygen atoms in total. The van der Waals surface area contributed by atoms with Crippen LogP contribution in [0.25, 0.3) is 0 Å². The van der Waals surface area contributed by atoms with Gasteiger partial charge in [-0.2, -0.15) is 0 Å². The Morgan fingerprint density at radius 3 is 2.45 bits per heavy atom. The molecule has 2 N–H and O–H groups in total. The first-order valence-corrected chi connectivity index (χ1v) is 17.0. The second kappa shape index (κ2) is 12.9. The summed E-state index contributed by atoms with van der Waals surface area (Å²) in [5.41, 5.74) is 1.86. The maximum absolute atomic E-state index is 12.5. The van der Waals surface area contributed by atoms with Crippen LogP contribution in [0, 0.1) is 29.1 Å². The van der Waals surface area contributed by atoms with Crippen molar-refractivity contribution in [1.82, 2.24) is 4.90 Å². The largest absolute Gasteiger partial charge is 0.508 e. The quantitative estimate of drug-likeness (QED) is 0.230. The Balaban J connectivity index is 1.18. The second-order valence-electron chi connectivity index (χ2n) is 14.6. The van der Waals surface area contributed by atoms with Gasteiger partial charge in [0.25, 0.3) is 0 Å². The first-order chi connectivity index (χ1) is 19.3. The highest BCUT2D eigenvalue weighted by Crippen LogP contribution is 2.70. The van der Waals surface area contributed by atoms with Crippen molar-refractivity contribution in [2.24, 2.45) is 29.1 Å². The molecule has 0 bridgehead atoms. The molecular formula is C36H57NO3. The van der Waals surface area contributed by atoms with Gasteiger partial charge in [0.15, 0.2) is 0 Å². The average molecular weight is 552 g/mol. The fourth-order valence-corrected chi connectivity index (χ4v) is 10.1. The summed E-state index contributed by atoms with van der Waals surface area (Å²) in [5.74, 6) is 2.97. The number of nitrogens with zero attached hydrogens (tertiary/aromatic N) is 1. The van der Waals surface area contributed by atoms with E-state index in [2.05, 4.69) is 31.9 Å². The third kappa shape index (κ3) is 5.91. The summed E-state index contributed by atoms with van der Waals surface area (Å²) < 4.78 is 0. The third-order valence-electron chi connectivity index (χ3n) is 12.1. The number of phenols is 1. The van der Waals surface area contributed by atoms with Gasteiger partial charge in [0, 0.05) is 18.3 Å². The van der Waals surface area contributed by atoms with Crippen LogP contribution in [0.1, 0.15) is 134 Å². The van der Waals surface area contributed by atoms with Gasteiger partial charge in [-0.3, -0.25) is 4.79 Å². The lowest BCUT2D eigenvalue weighted by atomic mass is 9.49. The molecule has 4 aliphatic carbocycles. The van der Waals surface area contributed by atoms with Gasteiger partial charge in [0.1, 0.15) is 11.5 Å². The van der Waals surface area contributed by atoms with E-state index >= 15 is 0 Å². The van der Waals surface area contributed by atoms with Gasteiger partial charge in [-0.15, -0.1) is 0 Å². The van der Waals surface area contributed by atoms with Gasteiger partial charge in [-0.25, -0.2) is 0 Å². The van der Waals surface area contributed by atoms with E-state index in [1.807, 2.05) is 12.1 Å². The number of aryl methyl sites for hydroxylation is 1. The van der Waals surface area contributed by atoms with Crippen molar-refractivity contribution < 1.29 is 15.0 Å². The predicted molar refractivity (Wildman–Crippen MR) is 164 cm³/mol. The van der Waals surface area contributed by atoms with Crippen molar-refractivity contribution in [2.75, 3.05) is 20.1 Å². The predicted octanol–water partition coefficient (Wildman–Crippen LogP) is 8.04. The van der Waals surface area contributed by atoms with Crippen LogP contribution in [0.4, 0.5) is 0 Å². The van der Waals surface area contributed by atoms with Crippen molar-refractivity contribution in [2.45, 2.75) is 135 Å². The van der Waals surface area contributed by atoms with E-state index in [1.165, 1.54) is 94.8 Å². The minimum absolute atomic E-state index is 0.152. The molecule has 4 heteroatoms. The molecule has 0 radical (unpaired) electrons. The molecule has 0 spiro atoms. The van der Waals surface area contributed by atoms with Crippen molar-refractivity contribution in [1.29, 1.82) is 0 Å². The molecule has 0 aliphatic heterocycles. The molecule has 1 aromatic carbocycles. The molecule has 224 valence electrons. The lowest BCUT2D eigenvalue weighted by molar-refractivity contribution is -0.135. The van der Waals surface area contributed by atoms with Crippen molar-refractivity contribution in [3.63, 3.8) is 0 Å². The van der Waals surface area contributed by atoms with Gasteiger partial charge in [0.05, 0.1) is 5.60 Å². The summed E-state index contributed by atoms with van der Waals surface area (Å²) in [6.45, 7) is 7.05. The minimum Gasteiger partial charge on any atom is -0.508 e. The van der Waals surface area contributed by atoms with E-state index < -0.39 is 5.60 Å². The highest BCUT2D eigenvalue weighted by molar-refractivity contribution is 5.83. The third-order valence-corrected chi connectivity index (χ3v) is 12.1. The average Bonchev–Trinajstić information content (AvgIpc) is 3.33. The number of phenolic OH excluding ortho intramolecular Hbond substituents is 1. The molecule has 4 aliphatic rings. The number of fused-ring (bicyclic) bond motifs is 7.